The van der Waals surface area contributed by atoms with Gasteiger partial charge in [-0.05, 0) is 13.8 Å². The average Bonchev–Trinajstić information content (AvgIpc) is 2.56. The van der Waals surface area contributed by atoms with E-state index in [1.165, 1.54) is 13.8 Å². The fourth-order valence-corrected chi connectivity index (χ4v) is 1.90. The van der Waals surface area contributed by atoms with Crippen LogP contribution in [0.15, 0.2) is 60.7 Å². The number of carbonyl (C=O) groups excluding carboxylic acids is 4. The summed E-state index contributed by atoms with van der Waals surface area (Å²) in [6.45, 7) is 2.84. The Bertz CT molecular complexity index is 645. The minimum atomic E-state index is -0.108. The monoisotopic (exact) mass is 383 g/mol. The van der Waals surface area contributed by atoms with E-state index in [4.69, 9.17) is 0 Å². The van der Waals surface area contributed by atoms with Crippen LogP contribution in [0.1, 0.15) is 47.4 Å². The summed E-state index contributed by atoms with van der Waals surface area (Å²) in [5.74, 6) is -0.404. The Morgan fingerprint density at radius 2 is 0.880 bits per heavy atom. The van der Waals surface area contributed by atoms with E-state index in [1.54, 1.807) is 48.5 Å². The number of Topliss-reactive ketones (excluding diaryl/α,β-unsaturated/α-hetero) is 4. The fraction of sp³-hybridized carbons (Fsp3) is 0.200. The predicted molar refractivity (Wildman–Crippen MR) is 92.1 cm³/mol. The second kappa shape index (κ2) is 12.1. The van der Waals surface area contributed by atoms with Crippen molar-refractivity contribution in [2.75, 3.05) is 0 Å². The number of hydrogen-bond donors (Lipinski definition) is 0. The summed E-state index contributed by atoms with van der Waals surface area (Å²) in [4.78, 5) is 43.7. The Kier molecular flexibility index (Phi) is 10.9. The van der Waals surface area contributed by atoms with Gasteiger partial charge in [0.2, 0.25) is 0 Å². The van der Waals surface area contributed by atoms with Crippen molar-refractivity contribution in [1.29, 1.82) is 0 Å². The largest absolute Gasteiger partial charge is 0.300 e. The molecule has 0 bridgehead atoms. The van der Waals surface area contributed by atoms with Gasteiger partial charge in [-0.2, -0.15) is 0 Å². The molecule has 0 unspecified atom stereocenters. The molecule has 0 atom stereocenters. The van der Waals surface area contributed by atoms with Gasteiger partial charge in [0.25, 0.3) is 0 Å². The molecule has 0 aromatic heterocycles. The van der Waals surface area contributed by atoms with Crippen LogP contribution in [0.3, 0.4) is 0 Å². The van der Waals surface area contributed by atoms with Gasteiger partial charge in [0.1, 0.15) is 11.6 Å². The first-order valence-corrected chi connectivity index (χ1v) is 7.55. The standard InChI is InChI=1S/2C10H10O2.Co/c2*1-8(11)7-10(12)9-5-3-2-4-6-9;/h2*2-6H,7H2,1H3;. The van der Waals surface area contributed by atoms with Crippen molar-refractivity contribution < 1.29 is 36.0 Å². The molecule has 0 N–H and O–H groups in total. The number of hydrogen-bond acceptors (Lipinski definition) is 4. The van der Waals surface area contributed by atoms with Gasteiger partial charge >= 0.3 is 0 Å². The minimum absolute atomic E-state index is 0. The van der Waals surface area contributed by atoms with Gasteiger partial charge in [-0.15, -0.1) is 0 Å². The molecule has 25 heavy (non-hydrogen) atoms. The van der Waals surface area contributed by atoms with Crippen molar-refractivity contribution in [3.63, 3.8) is 0 Å². The van der Waals surface area contributed by atoms with E-state index in [0.717, 1.165) is 0 Å². The molecule has 0 saturated carbocycles. The molecule has 0 amide bonds. The molecular formula is C20H20CoO4. The first-order valence-electron chi connectivity index (χ1n) is 7.55. The molecule has 0 saturated heterocycles. The maximum Gasteiger partial charge on any atom is 0.170 e. The summed E-state index contributed by atoms with van der Waals surface area (Å²) < 4.78 is 0. The van der Waals surface area contributed by atoms with Crippen LogP contribution in [0, 0.1) is 0 Å². The molecule has 5 heteroatoms. The van der Waals surface area contributed by atoms with E-state index < -0.39 is 0 Å². The molecule has 0 aliphatic carbocycles. The summed E-state index contributed by atoms with van der Waals surface area (Å²) >= 11 is 0. The van der Waals surface area contributed by atoms with Gasteiger partial charge in [0.05, 0.1) is 12.8 Å². The topological polar surface area (TPSA) is 68.3 Å². The van der Waals surface area contributed by atoms with Crippen molar-refractivity contribution in [2.24, 2.45) is 0 Å². The summed E-state index contributed by atoms with van der Waals surface area (Å²) in [6, 6.07) is 17.7. The van der Waals surface area contributed by atoms with Gasteiger partial charge < -0.3 is 0 Å². The zero-order chi connectivity index (χ0) is 17.9. The minimum Gasteiger partial charge on any atom is -0.300 e. The first kappa shape index (κ1) is 22.6. The molecule has 2 aromatic rings. The average molecular weight is 383 g/mol. The third-order valence-corrected chi connectivity index (χ3v) is 3.01. The van der Waals surface area contributed by atoms with Gasteiger partial charge in [0.15, 0.2) is 11.6 Å². The molecule has 133 valence electrons. The van der Waals surface area contributed by atoms with E-state index in [-0.39, 0.29) is 52.8 Å². The smallest absolute Gasteiger partial charge is 0.170 e. The molecule has 2 aromatic carbocycles. The number of carbonyl (C=O) groups is 4. The van der Waals surface area contributed by atoms with Gasteiger partial charge in [-0.1, -0.05) is 60.7 Å². The molecule has 0 fully saturated rings. The van der Waals surface area contributed by atoms with Crippen LogP contribution in [0.5, 0.6) is 0 Å². The summed E-state index contributed by atoms with van der Waals surface area (Å²) in [7, 11) is 0. The molecule has 0 heterocycles. The second-order valence-corrected chi connectivity index (χ2v) is 5.34. The Labute approximate surface area is 157 Å². The van der Waals surface area contributed by atoms with E-state index >= 15 is 0 Å². The second-order valence-electron chi connectivity index (χ2n) is 5.34. The molecular weight excluding hydrogens is 363 g/mol. The van der Waals surface area contributed by atoms with Crippen LogP contribution in [0.25, 0.3) is 0 Å². The quantitative estimate of drug-likeness (QED) is 0.564. The number of ketones is 4. The first-order chi connectivity index (χ1) is 11.4. The Hall–Kier alpha value is -2.37. The van der Waals surface area contributed by atoms with Gasteiger partial charge in [-0.25, -0.2) is 0 Å². The molecule has 0 aliphatic heterocycles. The van der Waals surface area contributed by atoms with E-state index in [2.05, 4.69) is 0 Å². The van der Waals surface area contributed by atoms with Crippen molar-refractivity contribution in [3.8, 4) is 0 Å². The number of rotatable bonds is 6. The zero-order valence-electron chi connectivity index (χ0n) is 14.2. The fourth-order valence-electron chi connectivity index (χ4n) is 1.90. The van der Waals surface area contributed by atoms with Crippen molar-refractivity contribution in [2.45, 2.75) is 26.7 Å². The maximum atomic E-state index is 11.2. The normalized spacial score (nSPS) is 9.04. The zero-order valence-corrected chi connectivity index (χ0v) is 15.2. The predicted octanol–water partition coefficient (Wildman–Crippen LogP) is 3.69. The maximum absolute atomic E-state index is 11.2. The SMILES string of the molecule is CC(=O)CC(=O)c1ccccc1.CC(=O)CC(=O)c1ccccc1.[Co]. The van der Waals surface area contributed by atoms with Crippen molar-refractivity contribution >= 4 is 23.1 Å². The van der Waals surface area contributed by atoms with Crippen molar-refractivity contribution in [3.05, 3.63) is 71.8 Å². The Balaban J connectivity index is 0.000000443. The summed E-state index contributed by atoms with van der Waals surface area (Å²) in [5.41, 5.74) is 1.21. The summed E-state index contributed by atoms with van der Waals surface area (Å²) in [6.07, 6.45) is 0.00796. The van der Waals surface area contributed by atoms with Gasteiger partial charge in [-0.3, -0.25) is 19.2 Å². The Morgan fingerprint density at radius 1 is 0.600 bits per heavy atom. The molecule has 0 aliphatic rings. The molecule has 4 nitrogen and oxygen atoms in total. The van der Waals surface area contributed by atoms with Crippen LogP contribution >= 0.6 is 0 Å². The van der Waals surface area contributed by atoms with Crippen LogP contribution in [-0.2, 0) is 26.4 Å². The molecule has 2 rings (SSSR count). The molecule has 1 radical (unpaired) electrons. The van der Waals surface area contributed by atoms with Crippen LogP contribution in [-0.4, -0.2) is 23.1 Å². The van der Waals surface area contributed by atoms with Gasteiger partial charge in [0, 0.05) is 27.9 Å². The third kappa shape index (κ3) is 9.49. The van der Waals surface area contributed by atoms with E-state index in [9.17, 15) is 19.2 Å². The van der Waals surface area contributed by atoms with E-state index in [1.807, 2.05) is 12.1 Å². The van der Waals surface area contributed by atoms with Crippen LogP contribution in [0.4, 0.5) is 0 Å². The van der Waals surface area contributed by atoms with E-state index in [0.29, 0.717) is 11.1 Å². The Morgan fingerprint density at radius 3 is 1.12 bits per heavy atom. The van der Waals surface area contributed by atoms with Crippen LogP contribution < -0.4 is 0 Å². The summed E-state index contributed by atoms with van der Waals surface area (Å²) in [5, 5.41) is 0. The van der Waals surface area contributed by atoms with Crippen LogP contribution in [0.2, 0.25) is 0 Å². The number of benzene rings is 2. The molecule has 0 spiro atoms. The third-order valence-electron chi connectivity index (χ3n) is 3.01. The van der Waals surface area contributed by atoms with Crippen molar-refractivity contribution in [1.82, 2.24) is 0 Å².